The quantitative estimate of drug-likeness (QED) is 0.841. The van der Waals surface area contributed by atoms with E-state index in [2.05, 4.69) is 50.4 Å². The van der Waals surface area contributed by atoms with Crippen LogP contribution in [0.2, 0.25) is 0 Å². The van der Waals surface area contributed by atoms with E-state index < -0.39 is 0 Å². The van der Waals surface area contributed by atoms with E-state index in [4.69, 9.17) is 0 Å². The Morgan fingerprint density at radius 2 is 1.89 bits per heavy atom. The van der Waals surface area contributed by atoms with E-state index in [9.17, 15) is 0 Å². The van der Waals surface area contributed by atoms with Crippen molar-refractivity contribution in [1.82, 2.24) is 5.32 Å². The summed E-state index contributed by atoms with van der Waals surface area (Å²) in [6, 6.07) is 9.37. The maximum Gasteiger partial charge on any atom is 0.00966 e. The predicted molar refractivity (Wildman–Crippen MR) is 77.0 cm³/mol. The summed E-state index contributed by atoms with van der Waals surface area (Å²) in [4.78, 5) is 0. The third kappa shape index (κ3) is 2.95. The molecule has 0 bridgehead atoms. The Morgan fingerprint density at radius 3 is 2.56 bits per heavy atom. The largest absolute Gasteiger partial charge is 0.312 e. The van der Waals surface area contributed by atoms with Crippen LogP contribution in [0.3, 0.4) is 0 Å². The highest BCUT2D eigenvalue weighted by Crippen LogP contribution is 2.49. The SMILES string of the molecule is CC(C)(C)NCC1CC1c1cccc(C2CC2)c1. The molecule has 1 nitrogen and oxygen atoms in total. The van der Waals surface area contributed by atoms with Crippen LogP contribution in [-0.4, -0.2) is 12.1 Å². The molecule has 18 heavy (non-hydrogen) atoms. The number of rotatable bonds is 4. The van der Waals surface area contributed by atoms with Crippen LogP contribution in [0.15, 0.2) is 24.3 Å². The molecular weight excluding hydrogens is 218 g/mol. The molecule has 1 aromatic carbocycles. The van der Waals surface area contributed by atoms with Gasteiger partial charge in [-0.1, -0.05) is 24.3 Å². The van der Waals surface area contributed by atoms with E-state index in [-0.39, 0.29) is 5.54 Å². The molecule has 2 aliphatic carbocycles. The Bertz CT molecular complexity index is 425. The third-order valence-corrected chi connectivity index (χ3v) is 4.20. The molecule has 0 aliphatic heterocycles. The van der Waals surface area contributed by atoms with Gasteiger partial charge in [0.15, 0.2) is 0 Å². The molecule has 0 spiro atoms. The molecule has 2 fully saturated rings. The summed E-state index contributed by atoms with van der Waals surface area (Å²) in [5.41, 5.74) is 3.42. The van der Waals surface area contributed by atoms with Gasteiger partial charge in [-0.3, -0.25) is 0 Å². The van der Waals surface area contributed by atoms with Crippen molar-refractivity contribution in [3.05, 3.63) is 35.4 Å². The van der Waals surface area contributed by atoms with Crippen molar-refractivity contribution in [3.8, 4) is 0 Å². The summed E-state index contributed by atoms with van der Waals surface area (Å²) < 4.78 is 0. The molecule has 0 amide bonds. The van der Waals surface area contributed by atoms with Gasteiger partial charge in [-0.25, -0.2) is 0 Å². The fourth-order valence-electron chi connectivity index (χ4n) is 2.78. The zero-order valence-electron chi connectivity index (χ0n) is 11.9. The molecule has 2 aliphatic rings. The summed E-state index contributed by atoms with van der Waals surface area (Å²) in [6.45, 7) is 7.91. The summed E-state index contributed by atoms with van der Waals surface area (Å²) in [5, 5.41) is 3.63. The van der Waals surface area contributed by atoms with E-state index in [1.54, 1.807) is 11.1 Å². The monoisotopic (exact) mass is 243 g/mol. The maximum atomic E-state index is 3.63. The van der Waals surface area contributed by atoms with E-state index in [0.29, 0.717) is 0 Å². The second-order valence-corrected chi connectivity index (χ2v) is 7.18. The van der Waals surface area contributed by atoms with Crippen molar-refractivity contribution in [2.75, 3.05) is 6.54 Å². The van der Waals surface area contributed by atoms with Crippen molar-refractivity contribution < 1.29 is 0 Å². The Morgan fingerprint density at radius 1 is 1.17 bits per heavy atom. The summed E-state index contributed by atoms with van der Waals surface area (Å²) in [7, 11) is 0. The van der Waals surface area contributed by atoms with Gasteiger partial charge in [0, 0.05) is 5.54 Å². The minimum Gasteiger partial charge on any atom is -0.312 e. The minimum atomic E-state index is 0.253. The van der Waals surface area contributed by atoms with Crippen molar-refractivity contribution >= 4 is 0 Å². The smallest absolute Gasteiger partial charge is 0.00966 e. The average Bonchev–Trinajstić information content (AvgIpc) is 3.18. The molecule has 98 valence electrons. The molecule has 1 heteroatoms. The van der Waals surface area contributed by atoms with Gasteiger partial charge in [0.25, 0.3) is 0 Å². The van der Waals surface area contributed by atoms with Crippen LogP contribution >= 0.6 is 0 Å². The first-order valence-corrected chi connectivity index (χ1v) is 7.38. The van der Waals surface area contributed by atoms with E-state index in [1.165, 1.54) is 25.8 Å². The zero-order valence-corrected chi connectivity index (χ0v) is 11.9. The number of hydrogen-bond donors (Lipinski definition) is 1. The van der Waals surface area contributed by atoms with Crippen LogP contribution in [-0.2, 0) is 0 Å². The molecule has 0 radical (unpaired) electrons. The van der Waals surface area contributed by atoms with Gasteiger partial charge in [0.05, 0.1) is 0 Å². The first kappa shape index (κ1) is 12.2. The lowest BCUT2D eigenvalue weighted by Gasteiger charge is -2.20. The van der Waals surface area contributed by atoms with Gasteiger partial charge in [-0.15, -0.1) is 0 Å². The molecule has 0 saturated heterocycles. The summed E-state index contributed by atoms with van der Waals surface area (Å²) >= 11 is 0. The van der Waals surface area contributed by atoms with Gasteiger partial charge in [0.1, 0.15) is 0 Å². The molecule has 2 atom stereocenters. The van der Waals surface area contributed by atoms with Crippen molar-refractivity contribution in [2.45, 2.75) is 57.4 Å². The van der Waals surface area contributed by atoms with Gasteiger partial charge in [0.2, 0.25) is 0 Å². The number of hydrogen-bond acceptors (Lipinski definition) is 1. The molecule has 1 N–H and O–H groups in total. The summed E-state index contributed by atoms with van der Waals surface area (Å²) in [6.07, 6.45) is 4.18. The van der Waals surface area contributed by atoms with Crippen LogP contribution in [0, 0.1) is 5.92 Å². The third-order valence-electron chi connectivity index (χ3n) is 4.20. The molecule has 1 aromatic rings. The predicted octanol–water partition coefficient (Wildman–Crippen LogP) is 4.06. The van der Waals surface area contributed by atoms with E-state index in [1.807, 2.05) is 0 Å². The Labute approximate surface area is 111 Å². The molecule has 3 rings (SSSR count). The van der Waals surface area contributed by atoms with Gasteiger partial charge >= 0.3 is 0 Å². The highest BCUT2D eigenvalue weighted by Gasteiger charge is 2.38. The Hall–Kier alpha value is -0.820. The fourth-order valence-corrected chi connectivity index (χ4v) is 2.78. The van der Waals surface area contributed by atoms with Crippen molar-refractivity contribution in [3.63, 3.8) is 0 Å². The molecule has 2 saturated carbocycles. The first-order valence-electron chi connectivity index (χ1n) is 7.38. The van der Waals surface area contributed by atoms with Crippen LogP contribution < -0.4 is 5.32 Å². The molecule has 2 unspecified atom stereocenters. The second kappa shape index (κ2) is 4.38. The fraction of sp³-hybridized carbons (Fsp3) is 0.647. The average molecular weight is 243 g/mol. The lowest BCUT2D eigenvalue weighted by atomic mass is 10.0. The van der Waals surface area contributed by atoms with Crippen LogP contribution in [0.5, 0.6) is 0 Å². The maximum absolute atomic E-state index is 3.63. The zero-order chi connectivity index (χ0) is 12.8. The number of nitrogens with one attached hydrogen (secondary N) is 1. The van der Waals surface area contributed by atoms with Crippen molar-refractivity contribution in [2.24, 2.45) is 5.92 Å². The first-order chi connectivity index (χ1) is 8.53. The van der Waals surface area contributed by atoms with E-state index >= 15 is 0 Å². The van der Waals surface area contributed by atoms with Crippen LogP contribution in [0.25, 0.3) is 0 Å². The Kier molecular flexibility index (Phi) is 2.97. The highest BCUT2D eigenvalue weighted by molar-refractivity contribution is 5.34. The molecule has 0 aromatic heterocycles. The van der Waals surface area contributed by atoms with Gasteiger partial charge in [-0.05, 0) is 75.5 Å². The van der Waals surface area contributed by atoms with E-state index in [0.717, 1.165) is 17.8 Å². The molecular formula is C17H25N. The standard InChI is InChI=1S/C17H25N/c1-17(2,3)18-11-15-10-16(15)14-6-4-5-13(9-14)12-7-8-12/h4-6,9,12,15-16,18H,7-8,10-11H2,1-3H3. The van der Waals surface area contributed by atoms with Crippen LogP contribution in [0.1, 0.15) is 63.0 Å². The minimum absolute atomic E-state index is 0.253. The topological polar surface area (TPSA) is 12.0 Å². The second-order valence-electron chi connectivity index (χ2n) is 7.18. The number of benzene rings is 1. The van der Waals surface area contributed by atoms with Gasteiger partial charge < -0.3 is 5.32 Å². The van der Waals surface area contributed by atoms with Gasteiger partial charge in [-0.2, -0.15) is 0 Å². The lowest BCUT2D eigenvalue weighted by molar-refractivity contribution is 0.414. The normalized spacial score (nSPS) is 27.3. The lowest BCUT2D eigenvalue weighted by Crippen LogP contribution is -2.37. The van der Waals surface area contributed by atoms with Crippen LogP contribution in [0.4, 0.5) is 0 Å². The van der Waals surface area contributed by atoms with Crippen molar-refractivity contribution in [1.29, 1.82) is 0 Å². The molecule has 0 heterocycles. The Balaban J connectivity index is 1.58. The summed E-state index contributed by atoms with van der Waals surface area (Å²) in [5.74, 6) is 2.56. The highest BCUT2D eigenvalue weighted by atomic mass is 15.0.